The van der Waals surface area contributed by atoms with E-state index < -0.39 is 17.9 Å². The molecule has 0 aliphatic heterocycles. The quantitative estimate of drug-likeness (QED) is 0.302. The van der Waals surface area contributed by atoms with Crippen LogP contribution in [0.15, 0.2) is 77.3 Å². The number of halogens is 1. The van der Waals surface area contributed by atoms with E-state index in [1.807, 2.05) is 54.6 Å². The molecule has 36 heavy (non-hydrogen) atoms. The largest absolute Gasteiger partial charge is 0.480 e. The molecule has 3 aromatic rings. The second kappa shape index (κ2) is 12.0. The summed E-state index contributed by atoms with van der Waals surface area (Å²) >= 11 is 3.37. The van der Waals surface area contributed by atoms with Crippen molar-refractivity contribution in [2.75, 3.05) is 5.32 Å². The fraction of sp³-hybridized carbons (Fsp3) is 0.276. The van der Waals surface area contributed by atoms with Gasteiger partial charge >= 0.3 is 5.97 Å². The Morgan fingerprint density at radius 2 is 1.58 bits per heavy atom. The Hall–Kier alpha value is -3.45. The Kier molecular flexibility index (Phi) is 8.54. The number of carbonyl (C=O) groups excluding carboxylic acids is 2. The zero-order chi connectivity index (χ0) is 25.5. The first-order chi connectivity index (χ1) is 17.4. The molecule has 1 aliphatic rings. The molecule has 0 saturated heterocycles. The normalized spacial score (nSPS) is 14.2. The van der Waals surface area contributed by atoms with Crippen LogP contribution in [0.1, 0.15) is 48.0 Å². The molecule has 1 fully saturated rings. The first-order valence-corrected chi connectivity index (χ1v) is 13.0. The number of hydrogen-bond donors (Lipinski definition) is 3. The Labute approximate surface area is 219 Å². The zero-order valence-corrected chi connectivity index (χ0v) is 21.5. The summed E-state index contributed by atoms with van der Waals surface area (Å²) in [4.78, 5) is 37.7. The number of rotatable bonds is 9. The Balaban J connectivity index is 1.45. The number of hydrogen-bond acceptors (Lipinski definition) is 3. The van der Waals surface area contributed by atoms with Crippen LogP contribution in [0, 0.1) is 5.92 Å². The van der Waals surface area contributed by atoms with Crippen LogP contribution in [0.5, 0.6) is 0 Å². The van der Waals surface area contributed by atoms with Gasteiger partial charge in [0, 0.05) is 17.3 Å². The third-order valence-corrected chi connectivity index (χ3v) is 7.05. The molecule has 0 radical (unpaired) electrons. The fourth-order valence-electron chi connectivity index (χ4n) is 4.63. The van der Waals surface area contributed by atoms with Crippen LogP contribution < -0.4 is 10.6 Å². The molecule has 0 heterocycles. The van der Waals surface area contributed by atoms with E-state index in [1.165, 1.54) is 0 Å². The second-order valence-corrected chi connectivity index (χ2v) is 10.1. The minimum Gasteiger partial charge on any atom is -0.480 e. The van der Waals surface area contributed by atoms with Crippen molar-refractivity contribution in [1.29, 1.82) is 0 Å². The van der Waals surface area contributed by atoms with Crippen molar-refractivity contribution >= 4 is 39.4 Å². The third kappa shape index (κ3) is 6.82. The van der Waals surface area contributed by atoms with Gasteiger partial charge in [-0.1, -0.05) is 83.4 Å². The summed E-state index contributed by atoms with van der Waals surface area (Å²) in [5.74, 6) is -1.44. The molecule has 2 amide bonds. The molecule has 0 unspecified atom stereocenters. The lowest BCUT2D eigenvalue weighted by atomic mass is 10.0. The molecule has 1 saturated carbocycles. The Morgan fingerprint density at radius 3 is 2.25 bits per heavy atom. The van der Waals surface area contributed by atoms with Gasteiger partial charge in [-0.05, 0) is 53.6 Å². The van der Waals surface area contributed by atoms with Crippen molar-refractivity contribution in [2.24, 2.45) is 5.92 Å². The molecule has 1 atom stereocenters. The molecule has 0 aromatic heterocycles. The standard InChI is InChI=1S/C29H29BrN2O4/c30-23-14-15-25(31-27(33)17-19-6-4-5-7-19)24(18-23)28(34)32-26(29(35)36)16-20-10-12-22(13-11-20)21-8-2-1-3-9-21/h1-3,8-15,18-19,26H,4-7,16-17H2,(H,31,33)(H,32,34)(H,35,36)/t26-/m0/s1. The number of anilines is 1. The van der Waals surface area contributed by atoms with Crippen LogP contribution in [0.4, 0.5) is 5.69 Å². The summed E-state index contributed by atoms with van der Waals surface area (Å²) in [6, 6.07) is 21.4. The van der Waals surface area contributed by atoms with E-state index in [0.29, 0.717) is 22.5 Å². The Bertz CT molecular complexity index is 1220. The molecule has 1 aliphatic carbocycles. The van der Waals surface area contributed by atoms with E-state index in [9.17, 15) is 19.5 Å². The van der Waals surface area contributed by atoms with Gasteiger partial charge in [-0.25, -0.2) is 4.79 Å². The minimum absolute atomic E-state index is 0.132. The van der Waals surface area contributed by atoms with E-state index in [1.54, 1.807) is 18.2 Å². The molecule has 6 nitrogen and oxygen atoms in total. The maximum Gasteiger partial charge on any atom is 0.326 e. The van der Waals surface area contributed by atoms with Crippen molar-refractivity contribution in [3.05, 3.63) is 88.4 Å². The summed E-state index contributed by atoms with van der Waals surface area (Å²) in [5.41, 5.74) is 3.48. The molecular weight excluding hydrogens is 520 g/mol. The van der Waals surface area contributed by atoms with Crippen LogP contribution in [0.2, 0.25) is 0 Å². The maximum atomic E-state index is 13.1. The molecule has 186 valence electrons. The van der Waals surface area contributed by atoms with Gasteiger partial charge in [-0.3, -0.25) is 9.59 Å². The lowest BCUT2D eigenvalue weighted by molar-refractivity contribution is -0.139. The van der Waals surface area contributed by atoms with Crippen molar-refractivity contribution in [1.82, 2.24) is 5.32 Å². The van der Waals surface area contributed by atoms with E-state index >= 15 is 0 Å². The summed E-state index contributed by atoms with van der Waals surface area (Å²) in [5, 5.41) is 15.3. The monoisotopic (exact) mass is 548 g/mol. The topological polar surface area (TPSA) is 95.5 Å². The summed E-state index contributed by atoms with van der Waals surface area (Å²) < 4.78 is 0.657. The van der Waals surface area contributed by atoms with E-state index in [2.05, 4.69) is 26.6 Å². The molecule has 3 aromatic carbocycles. The van der Waals surface area contributed by atoms with Crippen LogP contribution in [-0.4, -0.2) is 28.9 Å². The van der Waals surface area contributed by atoms with Crippen LogP contribution in [0.3, 0.4) is 0 Å². The number of amides is 2. The van der Waals surface area contributed by atoms with Gasteiger partial charge in [0.1, 0.15) is 6.04 Å². The first kappa shape index (κ1) is 25.6. The summed E-state index contributed by atoms with van der Waals surface area (Å²) in [6.07, 6.45) is 4.95. The summed E-state index contributed by atoms with van der Waals surface area (Å²) in [7, 11) is 0. The second-order valence-electron chi connectivity index (χ2n) is 9.22. The lowest BCUT2D eigenvalue weighted by Crippen LogP contribution is -2.42. The van der Waals surface area contributed by atoms with Gasteiger partial charge < -0.3 is 15.7 Å². The molecule has 7 heteroatoms. The number of carboxylic acid groups (broad SMARTS) is 1. The Morgan fingerprint density at radius 1 is 0.917 bits per heavy atom. The first-order valence-electron chi connectivity index (χ1n) is 12.2. The number of carboxylic acids is 1. The van der Waals surface area contributed by atoms with Crippen molar-refractivity contribution in [3.63, 3.8) is 0 Å². The van der Waals surface area contributed by atoms with Gasteiger partial charge in [0.2, 0.25) is 5.91 Å². The van der Waals surface area contributed by atoms with Gasteiger partial charge in [-0.15, -0.1) is 0 Å². The highest BCUT2D eigenvalue weighted by Crippen LogP contribution is 2.28. The third-order valence-electron chi connectivity index (χ3n) is 6.55. The predicted molar refractivity (Wildman–Crippen MR) is 144 cm³/mol. The highest BCUT2D eigenvalue weighted by molar-refractivity contribution is 9.10. The highest BCUT2D eigenvalue weighted by Gasteiger charge is 2.24. The van der Waals surface area contributed by atoms with Crippen molar-refractivity contribution < 1.29 is 19.5 Å². The number of carbonyl (C=O) groups is 3. The highest BCUT2D eigenvalue weighted by atomic mass is 79.9. The van der Waals surface area contributed by atoms with Crippen LogP contribution in [0.25, 0.3) is 11.1 Å². The lowest BCUT2D eigenvalue weighted by Gasteiger charge is -2.17. The van der Waals surface area contributed by atoms with E-state index in [-0.39, 0.29) is 17.9 Å². The smallest absolute Gasteiger partial charge is 0.326 e. The SMILES string of the molecule is O=C(CC1CCCC1)Nc1ccc(Br)cc1C(=O)N[C@@H](Cc1ccc(-c2ccccc2)cc1)C(=O)O. The number of aliphatic carboxylic acids is 1. The van der Waals surface area contributed by atoms with Crippen molar-refractivity contribution in [3.8, 4) is 11.1 Å². The molecule has 4 rings (SSSR count). The fourth-order valence-corrected chi connectivity index (χ4v) is 4.99. The maximum absolute atomic E-state index is 13.1. The van der Waals surface area contributed by atoms with Gasteiger partial charge in [-0.2, -0.15) is 0 Å². The van der Waals surface area contributed by atoms with Gasteiger partial charge in [0.05, 0.1) is 11.3 Å². The molecular formula is C29H29BrN2O4. The van der Waals surface area contributed by atoms with Crippen LogP contribution >= 0.6 is 15.9 Å². The minimum atomic E-state index is -1.13. The summed E-state index contributed by atoms with van der Waals surface area (Å²) in [6.45, 7) is 0. The predicted octanol–water partition coefficient (Wildman–Crippen LogP) is 6.06. The van der Waals surface area contributed by atoms with E-state index in [0.717, 1.165) is 42.4 Å². The molecule has 3 N–H and O–H groups in total. The van der Waals surface area contributed by atoms with E-state index in [4.69, 9.17) is 0 Å². The zero-order valence-electron chi connectivity index (χ0n) is 19.9. The average molecular weight is 549 g/mol. The van der Waals surface area contributed by atoms with Crippen LogP contribution in [-0.2, 0) is 16.0 Å². The van der Waals surface area contributed by atoms with Gasteiger partial charge in [0.15, 0.2) is 0 Å². The molecule has 0 spiro atoms. The van der Waals surface area contributed by atoms with Crippen molar-refractivity contribution in [2.45, 2.75) is 44.6 Å². The number of benzene rings is 3. The average Bonchev–Trinajstić information content (AvgIpc) is 3.38. The molecule has 0 bridgehead atoms. The number of nitrogens with one attached hydrogen (secondary N) is 2. The van der Waals surface area contributed by atoms with Gasteiger partial charge in [0.25, 0.3) is 5.91 Å².